The van der Waals surface area contributed by atoms with Gasteiger partial charge in [0.25, 0.3) is 0 Å². The maximum absolute atomic E-state index is 11.0. The van der Waals surface area contributed by atoms with Crippen molar-refractivity contribution < 1.29 is 24.5 Å². The first-order chi connectivity index (χ1) is 8.16. The SMILES string of the molecule is CCOOC(=O)CCCCCCCCC(=O)O. The summed E-state index contributed by atoms with van der Waals surface area (Å²) >= 11 is 0. The summed E-state index contributed by atoms with van der Waals surface area (Å²) in [5.41, 5.74) is 0. The summed E-state index contributed by atoms with van der Waals surface area (Å²) in [4.78, 5) is 30.2. The first kappa shape index (κ1) is 15.9. The van der Waals surface area contributed by atoms with Crippen LogP contribution in [0.4, 0.5) is 0 Å². The molecule has 0 aromatic rings. The van der Waals surface area contributed by atoms with Gasteiger partial charge in [-0.1, -0.05) is 25.7 Å². The van der Waals surface area contributed by atoms with Gasteiger partial charge in [0.1, 0.15) is 0 Å². The number of hydrogen-bond donors (Lipinski definition) is 1. The maximum atomic E-state index is 11.0. The highest BCUT2D eigenvalue weighted by Crippen LogP contribution is 2.09. The van der Waals surface area contributed by atoms with Crippen LogP contribution in [0.25, 0.3) is 0 Å². The lowest BCUT2D eigenvalue weighted by Gasteiger charge is -2.02. The van der Waals surface area contributed by atoms with Crippen molar-refractivity contribution in [3.63, 3.8) is 0 Å². The predicted molar refractivity (Wildman–Crippen MR) is 62.3 cm³/mol. The Morgan fingerprint density at radius 3 is 2.00 bits per heavy atom. The van der Waals surface area contributed by atoms with Crippen LogP contribution < -0.4 is 0 Å². The molecule has 0 spiro atoms. The quantitative estimate of drug-likeness (QED) is 0.345. The molecule has 0 fully saturated rings. The first-order valence-corrected chi connectivity index (χ1v) is 6.21. The molecule has 0 amide bonds. The lowest BCUT2D eigenvalue weighted by Crippen LogP contribution is -2.04. The third kappa shape index (κ3) is 12.8. The number of carbonyl (C=O) groups excluding carboxylic acids is 1. The highest BCUT2D eigenvalue weighted by atomic mass is 17.2. The first-order valence-electron chi connectivity index (χ1n) is 6.21. The second-order valence-corrected chi connectivity index (χ2v) is 3.88. The minimum atomic E-state index is -0.733. The van der Waals surface area contributed by atoms with Crippen molar-refractivity contribution in [1.82, 2.24) is 0 Å². The number of carboxylic acids is 1. The van der Waals surface area contributed by atoms with Gasteiger partial charge in [0.05, 0.1) is 6.61 Å². The zero-order chi connectivity index (χ0) is 12.9. The lowest BCUT2D eigenvalue weighted by atomic mass is 10.1. The van der Waals surface area contributed by atoms with E-state index in [1.165, 1.54) is 0 Å². The van der Waals surface area contributed by atoms with Crippen molar-refractivity contribution in [3.8, 4) is 0 Å². The van der Waals surface area contributed by atoms with E-state index in [1.807, 2.05) is 0 Å². The Labute approximate surface area is 102 Å². The van der Waals surface area contributed by atoms with E-state index in [0.717, 1.165) is 38.5 Å². The fourth-order valence-corrected chi connectivity index (χ4v) is 1.42. The van der Waals surface area contributed by atoms with Gasteiger partial charge in [-0.15, -0.1) is 0 Å². The van der Waals surface area contributed by atoms with Gasteiger partial charge in [0.15, 0.2) is 0 Å². The van der Waals surface area contributed by atoms with Crippen LogP contribution in [0.1, 0.15) is 58.3 Å². The Morgan fingerprint density at radius 1 is 0.941 bits per heavy atom. The molecule has 100 valence electrons. The average molecular weight is 246 g/mol. The van der Waals surface area contributed by atoms with Crippen molar-refractivity contribution >= 4 is 11.9 Å². The van der Waals surface area contributed by atoms with Crippen LogP contribution in [-0.4, -0.2) is 23.7 Å². The third-order valence-electron chi connectivity index (χ3n) is 2.29. The van der Waals surface area contributed by atoms with Crippen LogP contribution in [0.3, 0.4) is 0 Å². The highest BCUT2D eigenvalue weighted by molar-refractivity contribution is 5.68. The van der Waals surface area contributed by atoms with E-state index >= 15 is 0 Å². The van der Waals surface area contributed by atoms with Crippen LogP contribution in [0.5, 0.6) is 0 Å². The molecule has 0 rings (SSSR count). The van der Waals surface area contributed by atoms with E-state index in [0.29, 0.717) is 13.0 Å². The Balaban J connectivity index is 3.12. The summed E-state index contributed by atoms with van der Waals surface area (Å²) in [5, 5.41) is 8.42. The van der Waals surface area contributed by atoms with Crippen molar-refractivity contribution in [1.29, 1.82) is 0 Å². The number of hydrogen-bond acceptors (Lipinski definition) is 4. The van der Waals surface area contributed by atoms with Crippen LogP contribution in [0.2, 0.25) is 0 Å². The van der Waals surface area contributed by atoms with Gasteiger partial charge < -0.3 is 5.11 Å². The summed E-state index contributed by atoms with van der Waals surface area (Å²) in [7, 11) is 0. The lowest BCUT2D eigenvalue weighted by molar-refractivity contribution is -0.269. The fraction of sp³-hybridized carbons (Fsp3) is 0.833. The molecule has 17 heavy (non-hydrogen) atoms. The second-order valence-electron chi connectivity index (χ2n) is 3.88. The van der Waals surface area contributed by atoms with E-state index in [4.69, 9.17) is 5.11 Å². The highest BCUT2D eigenvalue weighted by Gasteiger charge is 2.03. The van der Waals surface area contributed by atoms with Crippen LogP contribution >= 0.6 is 0 Å². The van der Waals surface area contributed by atoms with Gasteiger partial charge in [-0.3, -0.25) is 9.68 Å². The van der Waals surface area contributed by atoms with E-state index in [-0.39, 0.29) is 12.4 Å². The summed E-state index contributed by atoms with van der Waals surface area (Å²) in [6.07, 6.45) is 6.13. The largest absolute Gasteiger partial charge is 0.481 e. The van der Waals surface area contributed by atoms with E-state index in [1.54, 1.807) is 6.92 Å². The molecular weight excluding hydrogens is 224 g/mol. The minimum absolute atomic E-state index is 0.251. The molecule has 0 aliphatic rings. The van der Waals surface area contributed by atoms with Crippen molar-refractivity contribution in [3.05, 3.63) is 0 Å². The van der Waals surface area contributed by atoms with Crippen molar-refractivity contribution in [2.24, 2.45) is 0 Å². The van der Waals surface area contributed by atoms with Crippen LogP contribution in [-0.2, 0) is 19.4 Å². The van der Waals surface area contributed by atoms with Gasteiger partial charge in [-0.05, 0) is 19.8 Å². The molecule has 0 atom stereocenters. The molecule has 0 unspecified atom stereocenters. The van der Waals surface area contributed by atoms with Crippen molar-refractivity contribution in [2.75, 3.05) is 6.61 Å². The number of aliphatic carboxylic acids is 1. The minimum Gasteiger partial charge on any atom is -0.481 e. The van der Waals surface area contributed by atoms with Gasteiger partial charge >= 0.3 is 11.9 Å². The average Bonchev–Trinajstić information content (AvgIpc) is 2.29. The Morgan fingerprint density at radius 2 is 1.47 bits per heavy atom. The Bertz CT molecular complexity index is 215. The van der Waals surface area contributed by atoms with Crippen molar-refractivity contribution in [2.45, 2.75) is 58.3 Å². The molecule has 0 aromatic carbocycles. The molecule has 0 aromatic heterocycles. The predicted octanol–water partition coefficient (Wildman–Crippen LogP) is 2.69. The molecular formula is C12H22O5. The summed E-state index contributed by atoms with van der Waals surface area (Å²) < 4.78 is 0. The van der Waals surface area contributed by atoms with Gasteiger partial charge in [0.2, 0.25) is 0 Å². The monoisotopic (exact) mass is 246 g/mol. The van der Waals surface area contributed by atoms with E-state index in [2.05, 4.69) is 9.78 Å². The molecule has 0 aliphatic heterocycles. The second kappa shape index (κ2) is 11.4. The Hall–Kier alpha value is -1.10. The number of rotatable bonds is 11. The molecule has 0 radical (unpaired) electrons. The standard InChI is InChI=1S/C12H22O5/c1-2-16-17-12(15)10-8-6-4-3-5-7-9-11(13)14/h2-10H2,1H3,(H,13,14). The normalized spacial score (nSPS) is 10.2. The number of carboxylic acid groups (broad SMARTS) is 1. The summed E-state index contributed by atoms with van der Waals surface area (Å²) in [6, 6.07) is 0. The van der Waals surface area contributed by atoms with Gasteiger partial charge in [-0.2, -0.15) is 4.89 Å². The Kier molecular flexibility index (Phi) is 10.7. The summed E-state index contributed by atoms with van der Waals surface area (Å²) in [6.45, 7) is 2.12. The molecule has 1 N–H and O–H groups in total. The molecule has 5 nitrogen and oxygen atoms in total. The molecule has 0 saturated carbocycles. The van der Waals surface area contributed by atoms with E-state index < -0.39 is 5.97 Å². The molecule has 0 heterocycles. The zero-order valence-corrected chi connectivity index (χ0v) is 10.4. The molecule has 0 aliphatic carbocycles. The maximum Gasteiger partial charge on any atom is 0.342 e. The molecule has 5 heteroatoms. The van der Waals surface area contributed by atoms with Crippen LogP contribution in [0, 0.1) is 0 Å². The third-order valence-corrected chi connectivity index (χ3v) is 2.29. The number of carbonyl (C=O) groups is 2. The molecule has 0 bridgehead atoms. The van der Waals surface area contributed by atoms with Crippen LogP contribution in [0.15, 0.2) is 0 Å². The van der Waals surface area contributed by atoms with E-state index in [9.17, 15) is 9.59 Å². The zero-order valence-electron chi connectivity index (χ0n) is 10.4. The fourth-order valence-electron chi connectivity index (χ4n) is 1.42. The summed E-state index contributed by atoms with van der Waals surface area (Å²) in [5.74, 6) is -1.05. The topological polar surface area (TPSA) is 72.8 Å². The van der Waals surface area contributed by atoms with Gasteiger partial charge in [0, 0.05) is 12.8 Å². The number of unbranched alkanes of at least 4 members (excludes halogenated alkanes) is 5. The van der Waals surface area contributed by atoms with Gasteiger partial charge in [-0.25, -0.2) is 4.79 Å². The smallest absolute Gasteiger partial charge is 0.342 e. The molecule has 0 saturated heterocycles.